The van der Waals surface area contributed by atoms with Crippen molar-refractivity contribution in [2.75, 3.05) is 18.8 Å². The van der Waals surface area contributed by atoms with Gasteiger partial charge in [-0.1, -0.05) is 30.3 Å². The third-order valence-corrected chi connectivity index (χ3v) is 5.85. The highest BCUT2D eigenvalue weighted by Gasteiger charge is 2.80. The lowest BCUT2D eigenvalue weighted by atomic mass is 10.2. The number of carbonyl (C=O) groups is 1. The number of nitrogens with one attached hydrogen (secondary N) is 1. The van der Waals surface area contributed by atoms with Gasteiger partial charge in [-0.2, -0.15) is 0 Å². The van der Waals surface area contributed by atoms with Gasteiger partial charge in [0, 0.05) is 6.54 Å². The number of hydrogen-bond donors (Lipinski definition) is 1. The Morgan fingerprint density at radius 1 is 1.38 bits per heavy atom. The molecule has 1 heterocycles. The minimum atomic E-state index is -2.67. The van der Waals surface area contributed by atoms with Crippen LogP contribution in [-0.2, 0) is 16.1 Å². The summed E-state index contributed by atoms with van der Waals surface area (Å²) >= 11 is 1.06. The molecule has 2 atom stereocenters. The largest absolute Gasteiger partial charge is 0.460 e. The van der Waals surface area contributed by atoms with E-state index in [0.29, 0.717) is 19.5 Å². The van der Waals surface area contributed by atoms with Crippen molar-refractivity contribution in [1.29, 1.82) is 0 Å². The molecule has 114 valence electrons. The number of thioether (sulfide) groups is 1. The molecular formula is C15H17F2NO2S. The molecule has 2 unspecified atom stereocenters. The van der Waals surface area contributed by atoms with E-state index in [1.165, 1.54) is 0 Å². The third kappa shape index (κ3) is 2.66. The number of fused-ring (bicyclic) bond motifs is 1. The smallest absolute Gasteiger partial charge is 0.316 e. The lowest BCUT2D eigenvalue weighted by Gasteiger charge is -2.20. The topological polar surface area (TPSA) is 38.3 Å². The fourth-order valence-corrected chi connectivity index (χ4v) is 4.31. The molecule has 1 aliphatic carbocycles. The van der Waals surface area contributed by atoms with Crippen LogP contribution in [0.25, 0.3) is 0 Å². The molecule has 0 aromatic heterocycles. The zero-order valence-electron chi connectivity index (χ0n) is 11.5. The summed E-state index contributed by atoms with van der Waals surface area (Å²) in [5.74, 6) is -3.76. The Bertz CT molecular complexity index is 526. The maximum atomic E-state index is 13.8. The van der Waals surface area contributed by atoms with Crippen molar-refractivity contribution in [2.24, 2.45) is 5.92 Å². The van der Waals surface area contributed by atoms with E-state index in [0.717, 1.165) is 17.3 Å². The molecule has 21 heavy (non-hydrogen) atoms. The standard InChI is InChI=1S/C15H17F2NO2S/c16-15(17)12-8-18-7-6-14(12,15)21-10-13(19)20-9-11-4-2-1-3-5-11/h1-5,12,18H,6-10H2. The Morgan fingerprint density at radius 3 is 2.86 bits per heavy atom. The molecule has 0 spiro atoms. The van der Waals surface area contributed by atoms with E-state index in [1.54, 1.807) is 0 Å². The van der Waals surface area contributed by atoms with Crippen molar-refractivity contribution in [3.63, 3.8) is 0 Å². The molecule has 1 saturated carbocycles. The molecule has 0 amide bonds. The summed E-state index contributed by atoms with van der Waals surface area (Å²) in [7, 11) is 0. The summed E-state index contributed by atoms with van der Waals surface area (Å²) in [5.41, 5.74) is 0.894. The SMILES string of the molecule is O=C(CSC12CCNCC1C2(F)F)OCc1ccccc1. The molecule has 0 radical (unpaired) electrons. The van der Waals surface area contributed by atoms with Crippen LogP contribution >= 0.6 is 11.8 Å². The molecular weight excluding hydrogens is 296 g/mol. The molecule has 2 fully saturated rings. The van der Waals surface area contributed by atoms with Gasteiger partial charge >= 0.3 is 5.97 Å². The summed E-state index contributed by atoms with van der Waals surface area (Å²) in [6, 6.07) is 9.32. The molecule has 1 saturated heterocycles. The number of halogens is 2. The van der Waals surface area contributed by atoms with Gasteiger partial charge in [-0.25, -0.2) is 8.78 Å². The molecule has 3 nitrogen and oxygen atoms in total. The van der Waals surface area contributed by atoms with E-state index < -0.39 is 22.6 Å². The number of benzene rings is 1. The monoisotopic (exact) mass is 313 g/mol. The van der Waals surface area contributed by atoms with Gasteiger partial charge in [-0.3, -0.25) is 4.79 Å². The van der Waals surface area contributed by atoms with Gasteiger partial charge < -0.3 is 10.1 Å². The van der Waals surface area contributed by atoms with Gasteiger partial charge in [0.25, 0.3) is 5.92 Å². The van der Waals surface area contributed by atoms with Crippen molar-refractivity contribution in [3.8, 4) is 0 Å². The predicted molar refractivity (Wildman–Crippen MR) is 77.4 cm³/mol. The average Bonchev–Trinajstić information content (AvgIpc) is 3.01. The van der Waals surface area contributed by atoms with Crippen LogP contribution in [0.5, 0.6) is 0 Å². The second-order valence-electron chi connectivity index (χ2n) is 5.45. The summed E-state index contributed by atoms with van der Waals surface area (Å²) in [6.45, 7) is 1.10. The second kappa shape index (κ2) is 5.57. The van der Waals surface area contributed by atoms with Crippen LogP contribution in [0.4, 0.5) is 8.78 Å². The lowest BCUT2D eigenvalue weighted by Crippen LogP contribution is -2.32. The first-order chi connectivity index (χ1) is 10.1. The Morgan fingerprint density at radius 2 is 2.14 bits per heavy atom. The molecule has 3 rings (SSSR count). The van der Waals surface area contributed by atoms with Crippen molar-refractivity contribution in [3.05, 3.63) is 35.9 Å². The molecule has 1 aromatic rings. The fourth-order valence-electron chi connectivity index (χ4n) is 2.90. The first kappa shape index (κ1) is 14.8. The van der Waals surface area contributed by atoms with Crippen LogP contribution in [0.1, 0.15) is 12.0 Å². The quantitative estimate of drug-likeness (QED) is 0.848. The number of rotatable bonds is 5. The molecule has 1 N–H and O–H groups in total. The van der Waals surface area contributed by atoms with Crippen LogP contribution in [0.15, 0.2) is 30.3 Å². The van der Waals surface area contributed by atoms with Gasteiger partial charge in [0.05, 0.1) is 16.4 Å². The summed E-state index contributed by atoms with van der Waals surface area (Å²) in [6.07, 6.45) is 0.404. The predicted octanol–water partition coefficient (Wildman–Crippen LogP) is 2.46. The number of hydrogen-bond acceptors (Lipinski definition) is 4. The summed E-state index contributed by atoms with van der Waals surface area (Å²) in [5, 5.41) is 2.98. The maximum absolute atomic E-state index is 13.8. The van der Waals surface area contributed by atoms with E-state index in [4.69, 9.17) is 4.74 Å². The lowest BCUT2D eigenvalue weighted by molar-refractivity contribution is -0.141. The van der Waals surface area contributed by atoms with Crippen molar-refractivity contribution in [1.82, 2.24) is 5.32 Å². The first-order valence-corrected chi connectivity index (χ1v) is 7.97. The Hall–Kier alpha value is -1.14. The Balaban J connectivity index is 1.48. The molecule has 1 aromatic carbocycles. The van der Waals surface area contributed by atoms with E-state index in [9.17, 15) is 13.6 Å². The van der Waals surface area contributed by atoms with Gasteiger partial charge in [-0.05, 0) is 18.5 Å². The van der Waals surface area contributed by atoms with Gasteiger partial charge in [-0.15, -0.1) is 11.8 Å². The third-order valence-electron chi connectivity index (χ3n) is 4.19. The molecule has 6 heteroatoms. The van der Waals surface area contributed by atoms with E-state index in [2.05, 4.69) is 5.32 Å². The van der Waals surface area contributed by atoms with E-state index in [1.807, 2.05) is 30.3 Å². The van der Waals surface area contributed by atoms with E-state index in [-0.39, 0.29) is 12.4 Å². The van der Waals surface area contributed by atoms with Gasteiger partial charge in [0.2, 0.25) is 0 Å². The number of ether oxygens (including phenoxy) is 1. The van der Waals surface area contributed by atoms with Crippen LogP contribution in [0, 0.1) is 5.92 Å². The second-order valence-corrected chi connectivity index (χ2v) is 6.76. The normalized spacial score (nSPS) is 29.5. The van der Waals surface area contributed by atoms with Crippen molar-refractivity contribution in [2.45, 2.75) is 23.7 Å². The van der Waals surface area contributed by atoms with E-state index >= 15 is 0 Å². The number of esters is 1. The van der Waals surface area contributed by atoms with Crippen LogP contribution in [0.3, 0.4) is 0 Å². The first-order valence-electron chi connectivity index (χ1n) is 6.98. The molecule has 0 bridgehead atoms. The van der Waals surface area contributed by atoms with Gasteiger partial charge in [0.15, 0.2) is 0 Å². The zero-order valence-corrected chi connectivity index (χ0v) is 12.3. The van der Waals surface area contributed by atoms with Crippen LogP contribution in [-0.4, -0.2) is 35.5 Å². The van der Waals surface area contributed by atoms with Crippen LogP contribution in [0.2, 0.25) is 0 Å². The fraction of sp³-hybridized carbons (Fsp3) is 0.533. The number of carbonyl (C=O) groups excluding carboxylic acids is 1. The average molecular weight is 313 g/mol. The zero-order chi connectivity index (χ0) is 14.9. The molecule has 1 aliphatic heterocycles. The summed E-state index contributed by atoms with van der Waals surface area (Å²) in [4.78, 5) is 11.7. The summed E-state index contributed by atoms with van der Waals surface area (Å²) < 4.78 is 31.8. The highest BCUT2D eigenvalue weighted by molar-refractivity contribution is 8.01. The Labute approximate surface area is 126 Å². The Kier molecular flexibility index (Phi) is 3.92. The number of alkyl halides is 2. The van der Waals surface area contributed by atoms with Crippen molar-refractivity contribution >= 4 is 17.7 Å². The van der Waals surface area contributed by atoms with Gasteiger partial charge in [0.1, 0.15) is 6.61 Å². The minimum Gasteiger partial charge on any atom is -0.460 e. The maximum Gasteiger partial charge on any atom is 0.316 e. The van der Waals surface area contributed by atoms with Crippen LogP contribution < -0.4 is 5.32 Å². The number of piperidine rings is 1. The highest BCUT2D eigenvalue weighted by Crippen LogP contribution is 2.68. The molecule has 2 aliphatic rings. The highest BCUT2D eigenvalue weighted by atomic mass is 32.2. The van der Waals surface area contributed by atoms with Crippen molar-refractivity contribution < 1.29 is 18.3 Å². The minimum absolute atomic E-state index is 0.0150.